The number of nitrogens with one attached hydrogen (secondary N) is 1. The summed E-state index contributed by atoms with van der Waals surface area (Å²) in [6.07, 6.45) is 1.58. The Labute approximate surface area is 91.5 Å². The summed E-state index contributed by atoms with van der Waals surface area (Å²) in [7, 11) is 0. The first-order valence-electron chi connectivity index (χ1n) is 4.91. The highest BCUT2D eigenvalue weighted by atomic mass is 79.9. The topological polar surface area (TPSA) is 47.6 Å². The zero-order valence-electron chi connectivity index (χ0n) is 7.87. The minimum absolute atomic E-state index is 0.00227. The van der Waals surface area contributed by atoms with E-state index in [1.54, 1.807) is 0 Å². The molecule has 80 valence electrons. The maximum Gasteiger partial charge on any atom is 0.249 e. The molecule has 5 heteroatoms. The predicted octanol–water partition coefficient (Wildman–Crippen LogP) is 0.444. The van der Waals surface area contributed by atoms with Crippen LogP contribution in [0.2, 0.25) is 0 Å². The first kappa shape index (κ1) is 10.4. The van der Waals surface area contributed by atoms with Gasteiger partial charge in [-0.25, -0.2) is 0 Å². The standard InChI is InChI=1S/C9H14BrNO3/c10-6-4-13-5-7(6)11-9(12)8-2-1-3-14-8/h6-8H,1-5H2,(H,11,12). The fourth-order valence-electron chi connectivity index (χ4n) is 1.72. The molecule has 14 heavy (non-hydrogen) atoms. The number of hydrogen-bond donors (Lipinski definition) is 1. The zero-order chi connectivity index (χ0) is 9.97. The molecule has 2 fully saturated rings. The number of carbonyl (C=O) groups excluding carboxylic acids is 1. The largest absolute Gasteiger partial charge is 0.378 e. The predicted molar refractivity (Wildman–Crippen MR) is 54.4 cm³/mol. The van der Waals surface area contributed by atoms with Gasteiger partial charge in [-0.2, -0.15) is 0 Å². The van der Waals surface area contributed by atoms with E-state index in [-0.39, 0.29) is 22.9 Å². The van der Waals surface area contributed by atoms with Crippen LogP contribution in [0.5, 0.6) is 0 Å². The van der Waals surface area contributed by atoms with Crippen LogP contribution in [0.3, 0.4) is 0 Å². The van der Waals surface area contributed by atoms with E-state index in [9.17, 15) is 4.79 Å². The third-order valence-corrected chi connectivity index (χ3v) is 3.46. The molecule has 0 aromatic heterocycles. The maximum absolute atomic E-state index is 11.6. The van der Waals surface area contributed by atoms with Crippen molar-refractivity contribution in [3.63, 3.8) is 0 Å². The molecule has 0 aromatic carbocycles. The van der Waals surface area contributed by atoms with Gasteiger partial charge in [0.05, 0.1) is 24.1 Å². The third kappa shape index (κ3) is 2.27. The molecule has 2 rings (SSSR count). The van der Waals surface area contributed by atoms with Crippen LogP contribution >= 0.6 is 15.9 Å². The van der Waals surface area contributed by atoms with E-state index >= 15 is 0 Å². The molecule has 0 bridgehead atoms. The molecule has 0 spiro atoms. The average Bonchev–Trinajstić information content (AvgIpc) is 2.77. The molecule has 3 unspecified atom stereocenters. The van der Waals surface area contributed by atoms with E-state index in [1.807, 2.05) is 0 Å². The number of ether oxygens (including phenoxy) is 2. The van der Waals surface area contributed by atoms with Gasteiger partial charge in [-0.05, 0) is 12.8 Å². The van der Waals surface area contributed by atoms with Crippen molar-refractivity contribution < 1.29 is 14.3 Å². The van der Waals surface area contributed by atoms with Crippen molar-refractivity contribution in [3.05, 3.63) is 0 Å². The van der Waals surface area contributed by atoms with Crippen LogP contribution in [-0.2, 0) is 14.3 Å². The first-order valence-corrected chi connectivity index (χ1v) is 5.83. The van der Waals surface area contributed by atoms with E-state index in [2.05, 4.69) is 21.2 Å². The second-order valence-corrected chi connectivity index (χ2v) is 4.85. The number of carbonyl (C=O) groups is 1. The molecule has 0 saturated carbocycles. The molecule has 1 amide bonds. The lowest BCUT2D eigenvalue weighted by atomic mass is 10.2. The molecule has 0 radical (unpaired) electrons. The minimum Gasteiger partial charge on any atom is -0.378 e. The SMILES string of the molecule is O=C(NC1COCC1Br)C1CCCO1. The third-order valence-electron chi connectivity index (χ3n) is 2.56. The summed E-state index contributed by atoms with van der Waals surface area (Å²) in [6, 6.07) is 0.0895. The average molecular weight is 264 g/mol. The van der Waals surface area contributed by atoms with Gasteiger partial charge in [0.1, 0.15) is 6.10 Å². The van der Waals surface area contributed by atoms with Crippen LogP contribution in [0.4, 0.5) is 0 Å². The van der Waals surface area contributed by atoms with Gasteiger partial charge in [0.2, 0.25) is 5.91 Å². The molecular weight excluding hydrogens is 250 g/mol. The summed E-state index contributed by atoms with van der Waals surface area (Å²) >= 11 is 3.46. The van der Waals surface area contributed by atoms with Crippen LogP contribution in [-0.4, -0.2) is 42.7 Å². The van der Waals surface area contributed by atoms with Crippen molar-refractivity contribution in [1.82, 2.24) is 5.32 Å². The number of rotatable bonds is 2. The molecule has 0 aliphatic carbocycles. The Morgan fingerprint density at radius 3 is 2.86 bits per heavy atom. The van der Waals surface area contributed by atoms with Crippen molar-refractivity contribution in [2.24, 2.45) is 0 Å². The van der Waals surface area contributed by atoms with Gasteiger partial charge in [-0.3, -0.25) is 4.79 Å². The summed E-state index contributed by atoms with van der Waals surface area (Å²) in [5.74, 6) is 0.00227. The van der Waals surface area contributed by atoms with E-state index in [0.29, 0.717) is 19.8 Å². The lowest BCUT2D eigenvalue weighted by molar-refractivity contribution is -0.130. The zero-order valence-corrected chi connectivity index (χ0v) is 9.46. The summed E-state index contributed by atoms with van der Waals surface area (Å²) in [5.41, 5.74) is 0. The Bertz CT molecular complexity index is 218. The molecule has 2 saturated heterocycles. The summed E-state index contributed by atoms with van der Waals surface area (Å²) in [4.78, 5) is 11.9. The number of amides is 1. The van der Waals surface area contributed by atoms with Crippen LogP contribution < -0.4 is 5.32 Å². The van der Waals surface area contributed by atoms with Gasteiger partial charge >= 0.3 is 0 Å². The molecule has 4 nitrogen and oxygen atoms in total. The minimum atomic E-state index is -0.240. The second-order valence-electron chi connectivity index (χ2n) is 3.67. The van der Waals surface area contributed by atoms with E-state index in [1.165, 1.54) is 0 Å². The van der Waals surface area contributed by atoms with Crippen LogP contribution in [0.1, 0.15) is 12.8 Å². The molecule has 3 atom stereocenters. The second kappa shape index (κ2) is 4.59. The normalized spacial score (nSPS) is 37.4. The number of halogens is 1. The first-order chi connectivity index (χ1) is 6.77. The molecule has 2 heterocycles. The Kier molecular flexibility index (Phi) is 3.41. The Hall–Kier alpha value is -0.130. The molecule has 0 aromatic rings. The van der Waals surface area contributed by atoms with Gasteiger partial charge in [-0.1, -0.05) is 15.9 Å². The highest BCUT2D eigenvalue weighted by Gasteiger charge is 2.31. The highest BCUT2D eigenvalue weighted by molar-refractivity contribution is 9.09. The van der Waals surface area contributed by atoms with Gasteiger partial charge in [0.25, 0.3) is 0 Å². The maximum atomic E-state index is 11.6. The smallest absolute Gasteiger partial charge is 0.249 e. The number of alkyl halides is 1. The fraction of sp³-hybridized carbons (Fsp3) is 0.889. The fourth-order valence-corrected chi connectivity index (χ4v) is 2.19. The summed E-state index contributed by atoms with van der Waals surface area (Å²) < 4.78 is 10.5. The number of hydrogen-bond acceptors (Lipinski definition) is 3. The van der Waals surface area contributed by atoms with E-state index in [4.69, 9.17) is 9.47 Å². The van der Waals surface area contributed by atoms with Gasteiger partial charge in [-0.15, -0.1) is 0 Å². The summed E-state index contributed by atoms with van der Waals surface area (Å²) in [6.45, 7) is 1.96. The van der Waals surface area contributed by atoms with Gasteiger partial charge in [0.15, 0.2) is 0 Å². The monoisotopic (exact) mass is 263 g/mol. The lowest BCUT2D eigenvalue weighted by Crippen LogP contribution is -2.45. The Morgan fingerprint density at radius 1 is 1.43 bits per heavy atom. The summed E-state index contributed by atoms with van der Waals surface area (Å²) in [5, 5.41) is 2.93. The van der Waals surface area contributed by atoms with Crippen molar-refractivity contribution in [3.8, 4) is 0 Å². The van der Waals surface area contributed by atoms with Crippen LogP contribution in [0.25, 0.3) is 0 Å². The van der Waals surface area contributed by atoms with Gasteiger partial charge in [0, 0.05) is 6.61 Å². The highest BCUT2D eigenvalue weighted by Crippen LogP contribution is 2.16. The quantitative estimate of drug-likeness (QED) is 0.736. The molecule has 1 N–H and O–H groups in total. The van der Waals surface area contributed by atoms with Crippen LogP contribution in [0, 0.1) is 0 Å². The Morgan fingerprint density at radius 2 is 2.29 bits per heavy atom. The lowest BCUT2D eigenvalue weighted by Gasteiger charge is -2.16. The van der Waals surface area contributed by atoms with Crippen molar-refractivity contribution in [1.29, 1.82) is 0 Å². The van der Waals surface area contributed by atoms with Crippen LogP contribution in [0.15, 0.2) is 0 Å². The Balaban J connectivity index is 1.81. The molecular formula is C9H14BrNO3. The van der Waals surface area contributed by atoms with Crippen molar-refractivity contribution >= 4 is 21.8 Å². The van der Waals surface area contributed by atoms with Crippen molar-refractivity contribution in [2.75, 3.05) is 19.8 Å². The molecule has 2 aliphatic rings. The van der Waals surface area contributed by atoms with E-state index in [0.717, 1.165) is 12.8 Å². The van der Waals surface area contributed by atoms with Gasteiger partial charge < -0.3 is 14.8 Å². The molecule has 2 aliphatic heterocycles. The van der Waals surface area contributed by atoms with Crippen molar-refractivity contribution in [2.45, 2.75) is 29.8 Å². The van der Waals surface area contributed by atoms with E-state index < -0.39 is 0 Å².